The average molecular weight is 713 g/mol. The number of rotatable bonds is 7. The van der Waals surface area contributed by atoms with Gasteiger partial charge in [0.05, 0.1) is 49.9 Å². The molecule has 3 fully saturated rings. The van der Waals surface area contributed by atoms with Gasteiger partial charge in [0.1, 0.15) is 24.4 Å². The van der Waals surface area contributed by atoms with E-state index in [-0.39, 0.29) is 37.3 Å². The highest BCUT2D eigenvalue weighted by Crippen LogP contribution is 2.57. The van der Waals surface area contributed by atoms with Crippen LogP contribution in [0.3, 0.4) is 0 Å². The molecular formula is C36H40O13S. The minimum Gasteiger partial charge on any atom is -0.502 e. The zero-order chi connectivity index (χ0) is 34.9. The summed E-state index contributed by atoms with van der Waals surface area (Å²) in [6.07, 6.45) is -5.94. The van der Waals surface area contributed by atoms with Gasteiger partial charge in [0.2, 0.25) is 12.5 Å². The van der Waals surface area contributed by atoms with Crippen LogP contribution in [0.25, 0.3) is 0 Å². The van der Waals surface area contributed by atoms with E-state index in [1.807, 2.05) is 50.4 Å². The number of aliphatic hydroxyl groups excluding tert-OH is 1. The molecule has 5 heterocycles. The SMILES string of the molecule is COc1cc([C@@H]2c3cc4c(cc3[C@@H](O[C@@H]3O[C@@H]5COC(c6cccs6)O[C@H]5[C@H](OC(C)(C)C)[C@H]3O)[C@H]3COC(=O)[C@H]23)OCO4)cc(OC)c1O. The number of cyclic esters (lactones) is 1. The predicted octanol–water partition coefficient (Wildman–Crippen LogP) is 4.58. The van der Waals surface area contributed by atoms with Gasteiger partial charge in [-0.1, -0.05) is 6.07 Å². The van der Waals surface area contributed by atoms with E-state index in [2.05, 4.69) is 0 Å². The van der Waals surface area contributed by atoms with Crippen molar-refractivity contribution in [2.24, 2.45) is 11.8 Å². The lowest BCUT2D eigenvalue weighted by atomic mass is 9.66. The number of hydrogen-bond donors (Lipinski definition) is 2. The third-order valence-corrected chi connectivity index (χ3v) is 10.7. The molecule has 14 heteroatoms. The monoisotopic (exact) mass is 712 g/mol. The fourth-order valence-electron chi connectivity index (χ4n) is 7.71. The second-order valence-corrected chi connectivity index (χ2v) is 15.0. The number of aromatic hydroxyl groups is 1. The summed E-state index contributed by atoms with van der Waals surface area (Å²) in [5.41, 5.74) is 1.47. The van der Waals surface area contributed by atoms with Crippen LogP contribution in [0.15, 0.2) is 41.8 Å². The first-order chi connectivity index (χ1) is 24.0. The van der Waals surface area contributed by atoms with Crippen molar-refractivity contribution in [2.45, 2.75) is 75.4 Å². The van der Waals surface area contributed by atoms with Gasteiger partial charge in [-0.25, -0.2) is 0 Å². The van der Waals surface area contributed by atoms with Gasteiger partial charge in [0.25, 0.3) is 0 Å². The van der Waals surface area contributed by atoms with Crippen molar-refractivity contribution in [2.75, 3.05) is 34.2 Å². The van der Waals surface area contributed by atoms with Gasteiger partial charge in [-0.2, -0.15) is 0 Å². The minimum atomic E-state index is -1.27. The number of ether oxygens (including phenoxy) is 10. The molecule has 8 rings (SSSR count). The smallest absolute Gasteiger partial charge is 0.310 e. The highest BCUT2D eigenvalue weighted by atomic mass is 32.1. The molecule has 0 bridgehead atoms. The molecule has 13 nitrogen and oxygen atoms in total. The fourth-order valence-corrected chi connectivity index (χ4v) is 8.42. The van der Waals surface area contributed by atoms with Gasteiger partial charge in [0, 0.05) is 11.8 Å². The number of hydrogen-bond acceptors (Lipinski definition) is 14. The molecule has 0 radical (unpaired) electrons. The van der Waals surface area contributed by atoms with Crippen molar-refractivity contribution in [1.29, 1.82) is 0 Å². The molecular weight excluding hydrogens is 672 g/mol. The molecule has 268 valence electrons. The maximum atomic E-state index is 13.7. The van der Waals surface area contributed by atoms with Crippen LogP contribution in [0.2, 0.25) is 0 Å². The van der Waals surface area contributed by atoms with Crippen molar-refractivity contribution in [1.82, 2.24) is 0 Å². The Balaban J connectivity index is 1.18. The van der Waals surface area contributed by atoms with E-state index in [4.69, 9.17) is 47.4 Å². The van der Waals surface area contributed by atoms with Crippen LogP contribution in [-0.4, -0.2) is 86.7 Å². The Hall–Kier alpha value is -3.63. The molecule has 3 aromatic rings. The van der Waals surface area contributed by atoms with Crippen molar-refractivity contribution < 1.29 is 62.4 Å². The normalized spacial score (nSPS) is 32.9. The Bertz CT molecular complexity index is 1710. The van der Waals surface area contributed by atoms with E-state index in [1.54, 1.807) is 12.1 Å². The molecule has 1 aromatic heterocycles. The van der Waals surface area contributed by atoms with Crippen LogP contribution < -0.4 is 18.9 Å². The molecule has 2 aromatic carbocycles. The maximum absolute atomic E-state index is 13.7. The summed E-state index contributed by atoms with van der Waals surface area (Å²) in [6, 6.07) is 10.9. The average Bonchev–Trinajstić information content (AvgIpc) is 3.87. The Labute approximate surface area is 292 Å². The number of phenolic OH excluding ortho intramolecular Hbond substituents is 1. The van der Waals surface area contributed by atoms with Gasteiger partial charge < -0.3 is 57.6 Å². The number of phenols is 1. The van der Waals surface area contributed by atoms with Crippen molar-refractivity contribution in [3.8, 4) is 28.7 Å². The number of fused-ring (bicyclic) bond motifs is 4. The highest BCUT2D eigenvalue weighted by molar-refractivity contribution is 7.10. The summed E-state index contributed by atoms with van der Waals surface area (Å²) in [6.45, 7) is 6.03. The lowest BCUT2D eigenvalue weighted by Gasteiger charge is -2.50. The number of carbonyl (C=O) groups excluding carboxylic acids is 1. The molecule has 10 atom stereocenters. The predicted molar refractivity (Wildman–Crippen MR) is 175 cm³/mol. The second kappa shape index (κ2) is 12.9. The number of esters is 1. The molecule has 3 saturated heterocycles. The number of benzene rings is 2. The molecule has 5 aliphatic rings. The summed E-state index contributed by atoms with van der Waals surface area (Å²) in [4.78, 5) is 14.6. The van der Waals surface area contributed by atoms with Gasteiger partial charge in [0.15, 0.2) is 35.6 Å². The number of methoxy groups -OCH3 is 2. The topological polar surface area (TPSA) is 150 Å². The lowest BCUT2D eigenvalue weighted by molar-refractivity contribution is -0.379. The summed E-state index contributed by atoms with van der Waals surface area (Å²) >= 11 is 1.52. The van der Waals surface area contributed by atoms with E-state index in [0.717, 1.165) is 10.4 Å². The third-order valence-electron chi connectivity index (χ3n) is 9.83. The van der Waals surface area contributed by atoms with Crippen LogP contribution in [0, 0.1) is 11.8 Å². The summed E-state index contributed by atoms with van der Waals surface area (Å²) in [7, 11) is 2.89. The molecule has 2 N–H and O–H groups in total. The van der Waals surface area contributed by atoms with Crippen LogP contribution in [0.1, 0.15) is 60.7 Å². The number of carbonyl (C=O) groups is 1. The molecule has 0 amide bonds. The lowest BCUT2D eigenvalue weighted by Crippen LogP contribution is -2.64. The van der Waals surface area contributed by atoms with Crippen LogP contribution in [0.5, 0.6) is 28.7 Å². The van der Waals surface area contributed by atoms with E-state index in [0.29, 0.717) is 22.6 Å². The quantitative estimate of drug-likeness (QED) is 0.330. The molecule has 50 heavy (non-hydrogen) atoms. The third kappa shape index (κ3) is 5.76. The first kappa shape index (κ1) is 33.5. The molecule has 1 unspecified atom stereocenters. The standard InChI is InChI=1S/C36H40O13S/c1-36(2,3)49-32-29(38)35(46-24-14-43-34(48-31(24)32)25-7-6-8-50-25)47-30-18-12-21-20(44-15-45-21)11-17(18)26(27-19(30)13-42-33(27)39)16-9-22(40-4)28(37)23(10-16)41-5/h6-12,19,24,26-27,29-32,34-35,37-38H,13-15H2,1-5H3/t19-,24+,26+,27-,29+,30+,31+,32+,34?,35-/m0/s1. The zero-order valence-electron chi connectivity index (χ0n) is 28.2. The maximum Gasteiger partial charge on any atom is 0.310 e. The van der Waals surface area contributed by atoms with Crippen molar-refractivity contribution in [3.05, 3.63) is 63.3 Å². The largest absolute Gasteiger partial charge is 0.502 e. The second-order valence-electron chi connectivity index (χ2n) is 14.0. The number of thiophene rings is 1. The van der Waals surface area contributed by atoms with E-state index in [1.165, 1.54) is 25.6 Å². The van der Waals surface area contributed by atoms with E-state index in [9.17, 15) is 15.0 Å². The van der Waals surface area contributed by atoms with Crippen LogP contribution in [-0.2, 0) is 33.2 Å². The molecule has 1 aliphatic carbocycles. The Morgan fingerprint density at radius 1 is 0.940 bits per heavy atom. The van der Waals surface area contributed by atoms with Gasteiger partial charge in [-0.3, -0.25) is 4.79 Å². The number of aliphatic hydroxyl groups is 1. The minimum absolute atomic E-state index is 0.0377. The zero-order valence-corrected chi connectivity index (χ0v) is 29.0. The summed E-state index contributed by atoms with van der Waals surface area (Å²) < 4.78 is 60.4. The van der Waals surface area contributed by atoms with E-state index < -0.39 is 72.4 Å². The van der Waals surface area contributed by atoms with Gasteiger partial charge in [-0.15, -0.1) is 11.3 Å². The van der Waals surface area contributed by atoms with Crippen LogP contribution >= 0.6 is 11.3 Å². The summed E-state index contributed by atoms with van der Waals surface area (Å²) in [5.74, 6) is -0.905. The first-order valence-corrected chi connectivity index (χ1v) is 17.4. The highest BCUT2D eigenvalue weighted by Gasteiger charge is 2.57. The first-order valence-electron chi connectivity index (χ1n) is 16.6. The molecule has 0 saturated carbocycles. The van der Waals surface area contributed by atoms with Crippen LogP contribution in [0.4, 0.5) is 0 Å². The Morgan fingerprint density at radius 2 is 1.66 bits per heavy atom. The summed E-state index contributed by atoms with van der Waals surface area (Å²) in [5, 5.41) is 24.6. The van der Waals surface area contributed by atoms with Crippen molar-refractivity contribution >= 4 is 17.3 Å². The fraction of sp³-hybridized carbons (Fsp3) is 0.528. The van der Waals surface area contributed by atoms with Crippen molar-refractivity contribution in [3.63, 3.8) is 0 Å². The van der Waals surface area contributed by atoms with Gasteiger partial charge >= 0.3 is 5.97 Å². The van der Waals surface area contributed by atoms with Gasteiger partial charge in [-0.05, 0) is 73.2 Å². The Morgan fingerprint density at radius 3 is 2.32 bits per heavy atom. The molecule has 4 aliphatic heterocycles. The molecule has 0 spiro atoms. The van der Waals surface area contributed by atoms with E-state index >= 15 is 0 Å². The Kier molecular flexibility index (Phi) is 8.61.